The van der Waals surface area contributed by atoms with Crippen molar-refractivity contribution >= 4 is 11.8 Å². The van der Waals surface area contributed by atoms with Gasteiger partial charge in [0.15, 0.2) is 0 Å². The predicted octanol–water partition coefficient (Wildman–Crippen LogP) is 2.71. The lowest BCUT2D eigenvalue weighted by Crippen LogP contribution is -2.27. The van der Waals surface area contributed by atoms with E-state index in [2.05, 4.69) is 60.5 Å². The summed E-state index contributed by atoms with van der Waals surface area (Å²) >= 11 is 2.09. The van der Waals surface area contributed by atoms with Crippen LogP contribution in [-0.2, 0) is 6.54 Å². The number of nitrogens with zero attached hydrogens (tertiary/aromatic N) is 1. The van der Waals surface area contributed by atoms with Crippen molar-refractivity contribution in [3.8, 4) is 11.8 Å². The first-order valence-electron chi connectivity index (χ1n) is 7.24. The highest BCUT2D eigenvalue weighted by Crippen LogP contribution is 2.31. The number of nitrogens with two attached hydrogens (primary N) is 1. The fourth-order valence-corrected chi connectivity index (χ4v) is 3.53. The SMILES string of the molecule is CC1(C)CCN(Cc2ccccc2C#CCN)CCS1. The molecule has 0 atom stereocenters. The Labute approximate surface area is 127 Å². The molecule has 2 rings (SSSR count). The molecular formula is C17H24N2S. The summed E-state index contributed by atoms with van der Waals surface area (Å²) in [6.07, 6.45) is 1.24. The van der Waals surface area contributed by atoms with Crippen LogP contribution in [0, 0.1) is 11.8 Å². The largest absolute Gasteiger partial charge is 0.320 e. The molecule has 1 saturated heterocycles. The van der Waals surface area contributed by atoms with Crippen LogP contribution in [0.1, 0.15) is 31.4 Å². The third-order valence-electron chi connectivity index (χ3n) is 3.67. The highest BCUT2D eigenvalue weighted by atomic mass is 32.2. The van der Waals surface area contributed by atoms with Crippen LogP contribution >= 0.6 is 11.8 Å². The Balaban J connectivity index is 2.06. The van der Waals surface area contributed by atoms with Crippen LogP contribution < -0.4 is 5.73 Å². The topological polar surface area (TPSA) is 29.3 Å². The zero-order valence-electron chi connectivity index (χ0n) is 12.5. The molecule has 1 aliphatic rings. The molecule has 1 aliphatic heterocycles. The van der Waals surface area contributed by atoms with Gasteiger partial charge in [-0.2, -0.15) is 11.8 Å². The van der Waals surface area contributed by atoms with Crippen molar-refractivity contribution in [3.63, 3.8) is 0 Å². The number of hydrogen-bond acceptors (Lipinski definition) is 3. The van der Waals surface area contributed by atoms with Gasteiger partial charge in [-0.25, -0.2) is 0 Å². The Morgan fingerprint density at radius 3 is 2.90 bits per heavy atom. The quantitative estimate of drug-likeness (QED) is 0.849. The molecule has 2 N–H and O–H groups in total. The van der Waals surface area contributed by atoms with Gasteiger partial charge in [-0.05, 0) is 24.6 Å². The van der Waals surface area contributed by atoms with E-state index in [9.17, 15) is 0 Å². The maximum Gasteiger partial charge on any atom is 0.0555 e. The van der Waals surface area contributed by atoms with Gasteiger partial charge >= 0.3 is 0 Å². The van der Waals surface area contributed by atoms with Crippen LogP contribution in [0.3, 0.4) is 0 Å². The molecule has 2 nitrogen and oxygen atoms in total. The lowest BCUT2D eigenvalue weighted by molar-refractivity contribution is 0.276. The minimum absolute atomic E-state index is 0.410. The minimum atomic E-state index is 0.410. The zero-order valence-corrected chi connectivity index (χ0v) is 13.3. The second-order valence-corrected chi connectivity index (χ2v) is 7.60. The summed E-state index contributed by atoms with van der Waals surface area (Å²) < 4.78 is 0.410. The average molecular weight is 288 g/mol. The molecule has 0 radical (unpaired) electrons. The van der Waals surface area contributed by atoms with Crippen LogP contribution in [0.15, 0.2) is 24.3 Å². The Kier molecular flexibility index (Phi) is 5.54. The first-order valence-corrected chi connectivity index (χ1v) is 8.22. The van der Waals surface area contributed by atoms with E-state index in [1.807, 2.05) is 6.07 Å². The summed E-state index contributed by atoms with van der Waals surface area (Å²) in [5.74, 6) is 7.36. The number of rotatable bonds is 2. The molecule has 1 aromatic rings. The van der Waals surface area contributed by atoms with Gasteiger partial charge in [0.25, 0.3) is 0 Å². The second-order valence-electron chi connectivity index (χ2n) is 5.80. The lowest BCUT2D eigenvalue weighted by atomic mass is 10.1. The van der Waals surface area contributed by atoms with Crippen LogP contribution in [0.2, 0.25) is 0 Å². The van der Waals surface area contributed by atoms with Gasteiger partial charge in [-0.15, -0.1) is 0 Å². The molecule has 3 heteroatoms. The van der Waals surface area contributed by atoms with Crippen molar-refractivity contribution in [2.75, 3.05) is 25.4 Å². The van der Waals surface area contributed by atoms with E-state index >= 15 is 0 Å². The smallest absolute Gasteiger partial charge is 0.0555 e. The molecular weight excluding hydrogens is 264 g/mol. The van der Waals surface area contributed by atoms with Crippen molar-refractivity contribution in [2.45, 2.75) is 31.6 Å². The molecule has 0 amide bonds. The third-order valence-corrected chi connectivity index (χ3v) is 5.04. The highest BCUT2D eigenvalue weighted by molar-refractivity contribution is 8.00. The molecule has 108 valence electrons. The highest BCUT2D eigenvalue weighted by Gasteiger charge is 2.23. The van der Waals surface area contributed by atoms with E-state index in [1.54, 1.807) is 0 Å². The summed E-state index contributed by atoms with van der Waals surface area (Å²) in [7, 11) is 0. The first kappa shape index (κ1) is 15.4. The van der Waals surface area contributed by atoms with Crippen LogP contribution in [0.5, 0.6) is 0 Å². The summed E-state index contributed by atoms with van der Waals surface area (Å²) in [6, 6.07) is 8.42. The van der Waals surface area contributed by atoms with Gasteiger partial charge < -0.3 is 5.73 Å². The molecule has 0 unspecified atom stereocenters. The van der Waals surface area contributed by atoms with Crippen LogP contribution in [0.4, 0.5) is 0 Å². The number of hydrogen-bond donors (Lipinski definition) is 1. The summed E-state index contributed by atoms with van der Waals surface area (Å²) in [4.78, 5) is 2.55. The van der Waals surface area contributed by atoms with Crippen molar-refractivity contribution in [2.24, 2.45) is 5.73 Å². The summed E-state index contributed by atoms with van der Waals surface area (Å²) in [5, 5.41) is 0. The van der Waals surface area contributed by atoms with E-state index < -0.39 is 0 Å². The Hall–Kier alpha value is -0.950. The lowest BCUT2D eigenvalue weighted by Gasteiger charge is -2.23. The average Bonchev–Trinajstić information content (AvgIpc) is 2.59. The van der Waals surface area contributed by atoms with Gasteiger partial charge in [-0.3, -0.25) is 4.90 Å². The summed E-state index contributed by atoms with van der Waals surface area (Å²) in [6.45, 7) is 8.43. The van der Waals surface area contributed by atoms with Gasteiger partial charge in [0.1, 0.15) is 0 Å². The van der Waals surface area contributed by atoms with Gasteiger partial charge in [0.05, 0.1) is 6.54 Å². The van der Waals surface area contributed by atoms with Crippen molar-refractivity contribution < 1.29 is 0 Å². The fourth-order valence-electron chi connectivity index (χ4n) is 2.39. The maximum absolute atomic E-state index is 5.47. The fraction of sp³-hybridized carbons (Fsp3) is 0.529. The van der Waals surface area contributed by atoms with Crippen LogP contribution in [-0.4, -0.2) is 35.0 Å². The number of benzene rings is 1. The van der Waals surface area contributed by atoms with E-state index in [4.69, 9.17) is 5.73 Å². The normalized spacial score (nSPS) is 18.9. The van der Waals surface area contributed by atoms with Gasteiger partial charge in [0, 0.05) is 29.2 Å². The van der Waals surface area contributed by atoms with Gasteiger partial charge in [0.2, 0.25) is 0 Å². The van der Waals surface area contributed by atoms with Crippen molar-refractivity contribution in [1.82, 2.24) is 4.90 Å². The van der Waals surface area contributed by atoms with E-state index in [1.165, 1.54) is 24.3 Å². The predicted molar refractivity (Wildman–Crippen MR) is 88.8 cm³/mol. The third kappa shape index (κ3) is 4.56. The van der Waals surface area contributed by atoms with E-state index in [0.29, 0.717) is 11.3 Å². The molecule has 0 aromatic heterocycles. The minimum Gasteiger partial charge on any atom is -0.320 e. The van der Waals surface area contributed by atoms with E-state index in [-0.39, 0.29) is 0 Å². The summed E-state index contributed by atoms with van der Waals surface area (Å²) in [5.41, 5.74) is 7.91. The monoisotopic (exact) mass is 288 g/mol. The molecule has 1 fully saturated rings. The Morgan fingerprint density at radius 1 is 1.30 bits per heavy atom. The van der Waals surface area contributed by atoms with Gasteiger partial charge in [-0.1, -0.05) is 43.9 Å². The molecule has 0 bridgehead atoms. The molecule has 0 spiro atoms. The Morgan fingerprint density at radius 2 is 2.10 bits per heavy atom. The number of thioether (sulfide) groups is 1. The molecule has 1 aromatic carbocycles. The van der Waals surface area contributed by atoms with Crippen molar-refractivity contribution in [3.05, 3.63) is 35.4 Å². The van der Waals surface area contributed by atoms with Crippen LogP contribution in [0.25, 0.3) is 0 Å². The van der Waals surface area contributed by atoms with E-state index in [0.717, 1.165) is 18.7 Å². The van der Waals surface area contributed by atoms with Crippen molar-refractivity contribution in [1.29, 1.82) is 0 Å². The first-order chi connectivity index (χ1) is 9.61. The second kappa shape index (κ2) is 7.17. The molecule has 1 heterocycles. The standard InChI is InChI=1S/C17H24N2S/c1-17(2)9-11-19(12-13-20-17)14-16-7-4-3-6-15(16)8-5-10-18/h3-4,6-7H,9-14,18H2,1-2H3. The molecule has 20 heavy (non-hydrogen) atoms. The molecule has 0 saturated carbocycles. The Bertz CT molecular complexity index is 499. The molecule has 0 aliphatic carbocycles. The zero-order chi connectivity index (χ0) is 14.4. The maximum atomic E-state index is 5.47.